The van der Waals surface area contributed by atoms with Crippen LogP contribution in [0.5, 0.6) is 0 Å². The van der Waals surface area contributed by atoms with Crippen LogP contribution in [0, 0.1) is 0 Å². The number of rotatable bonds is 4. The molecule has 0 aromatic heterocycles. The first-order chi connectivity index (χ1) is 9.10. The van der Waals surface area contributed by atoms with Gasteiger partial charge in [-0.05, 0) is 41.8 Å². The van der Waals surface area contributed by atoms with Crippen LogP contribution in [0.15, 0.2) is 51.4 Å². The molecule has 0 saturated heterocycles. The molecule has 0 fully saturated rings. The van der Waals surface area contributed by atoms with Crippen molar-refractivity contribution in [2.45, 2.75) is 12.5 Å². The molecule has 0 spiro atoms. The van der Waals surface area contributed by atoms with E-state index < -0.39 is 0 Å². The Morgan fingerprint density at radius 1 is 1.11 bits per heavy atom. The van der Waals surface area contributed by atoms with Gasteiger partial charge in [0.2, 0.25) is 0 Å². The van der Waals surface area contributed by atoms with Gasteiger partial charge in [-0.1, -0.05) is 61.7 Å². The van der Waals surface area contributed by atoms with Crippen molar-refractivity contribution in [2.75, 3.05) is 0 Å². The van der Waals surface area contributed by atoms with Crippen molar-refractivity contribution in [2.24, 2.45) is 5.84 Å². The van der Waals surface area contributed by atoms with Crippen molar-refractivity contribution in [1.82, 2.24) is 5.43 Å². The standard InChI is InChI=1S/C14H13Br2ClN2/c15-11-5-10(6-12(16)8-11)14(19-18)7-9-3-1-2-4-13(9)17/h1-6,8,14,19H,7,18H2. The maximum Gasteiger partial charge on any atom is 0.0501 e. The van der Waals surface area contributed by atoms with Gasteiger partial charge in [-0.3, -0.25) is 11.3 Å². The summed E-state index contributed by atoms with van der Waals surface area (Å²) < 4.78 is 2.02. The molecule has 0 saturated carbocycles. The van der Waals surface area contributed by atoms with E-state index in [4.69, 9.17) is 17.4 Å². The molecule has 0 aliphatic carbocycles. The molecule has 0 amide bonds. The van der Waals surface area contributed by atoms with Crippen LogP contribution >= 0.6 is 43.5 Å². The summed E-state index contributed by atoms with van der Waals surface area (Å²) in [5.41, 5.74) is 5.02. The zero-order valence-corrected chi connectivity index (χ0v) is 14.0. The first-order valence-electron chi connectivity index (χ1n) is 5.75. The number of nitrogens with two attached hydrogens (primary N) is 1. The first-order valence-corrected chi connectivity index (χ1v) is 7.72. The Morgan fingerprint density at radius 2 is 1.74 bits per heavy atom. The van der Waals surface area contributed by atoms with E-state index in [-0.39, 0.29) is 6.04 Å². The molecule has 0 bridgehead atoms. The molecule has 0 radical (unpaired) electrons. The van der Waals surface area contributed by atoms with Gasteiger partial charge in [0.25, 0.3) is 0 Å². The van der Waals surface area contributed by atoms with E-state index in [9.17, 15) is 0 Å². The van der Waals surface area contributed by atoms with Crippen molar-refractivity contribution < 1.29 is 0 Å². The molecule has 19 heavy (non-hydrogen) atoms. The van der Waals surface area contributed by atoms with Crippen molar-refractivity contribution in [3.8, 4) is 0 Å². The molecule has 0 aliphatic heterocycles. The quantitative estimate of drug-likeness (QED) is 0.577. The summed E-state index contributed by atoms with van der Waals surface area (Å²) in [6, 6.07) is 13.9. The third-order valence-corrected chi connectivity index (χ3v) is 4.15. The van der Waals surface area contributed by atoms with E-state index in [0.717, 1.165) is 31.5 Å². The number of nitrogens with one attached hydrogen (secondary N) is 1. The first kappa shape index (κ1) is 15.0. The van der Waals surface area contributed by atoms with Gasteiger partial charge >= 0.3 is 0 Å². The fraction of sp³-hybridized carbons (Fsp3) is 0.143. The predicted octanol–water partition coefficient (Wildman–Crippen LogP) is 4.61. The molecule has 1 unspecified atom stereocenters. The van der Waals surface area contributed by atoms with Gasteiger partial charge in [0.15, 0.2) is 0 Å². The largest absolute Gasteiger partial charge is 0.271 e. The van der Waals surface area contributed by atoms with Gasteiger partial charge in [0.1, 0.15) is 0 Å². The maximum atomic E-state index is 6.19. The summed E-state index contributed by atoms with van der Waals surface area (Å²) in [6.07, 6.45) is 0.735. The Balaban J connectivity index is 2.28. The summed E-state index contributed by atoms with van der Waals surface area (Å²) in [5.74, 6) is 5.68. The Hall–Kier alpha value is -0.390. The molecular weight excluding hydrogens is 391 g/mol. The smallest absolute Gasteiger partial charge is 0.0501 e. The van der Waals surface area contributed by atoms with Crippen LogP contribution in [-0.2, 0) is 6.42 Å². The molecule has 0 heterocycles. The van der Waals surface area contributed by atoms with Crippen LogP contribution in [0.2, 0.25) is 5.02 Å². The van der Waals surface area contributed by atoms with E-state index in [1.165, 1.54) is 0 Å². The predicted molar refractivity (Wildman–Crippen MR) is 87.1 cm³/mol. The highest BCUT2D eigenvalue weighted by molar-refractivity contribution is 9.11. The van der Waals surface area contributed by atoms with E-state index in [1.807, 2.05) is 42.5 Å². The lowest BCUT2D eigenvalue weighted by atomic mass is 9.99. The van der Waals surface area contributed by atoms with Crippen molar-refractivity contribution >= 4 is 43.5 Å². The highest BCUT2D eigenvalue weighted by Crippen LogP contribution is 2.27. The normalized spacial score (nSPS) is 12.4. The van der Waals surface area contributed by atoms with E-state index in [1.54, 1.807) is 0 Å². The third-order valence-electron chi connectivity index (χ3n) is 2.87. The highest BCUT2D eigenvalue weighted by Gasteiger charge is 2.13. The Labute approximate surface area is 134 Å². The summed E-state index contributed by atoms with van der Waals surface area (Å²) >= 11 is 13.2. The van der Waals surface area contributed by atoms with Crippen LogP contribution in [0.4, 0.5) is 0 Å². The second kappa shape index (κ2) is 6.86. The molecule has 100 valence electrons. The third kappa shape index (κ3) is 4.04. The molecular formula is C14H13Br2ClN2. The van der Waals surface area contributed by atoms with E-state index in [2.05, 4.69) is 37.3 Å². The summed E-state index contributed by atoms with van der Waals surface area (Å²) in [7, 11) is 0. The van der Waals surface area contributed by atoms with Gasteiger partial charge in [-0.15, -0.1) is 0 Å². The fourth-order valence-electron chi connectivity index (χ4n) is 1.93. The minimum Gasteiger partial charge on any atom is -0.271 e. The summed E-state index contributed by atoms with van der Waals surface area (Å²) in [6.45, 7) is 0. The van der Waals surface area contributed by atoms with Crippen LogP contribution < -0.4 is 11.3 Å². The molecule has 1 atom stereocenters. The van der Waals surface area contributed by atoms with Gasteiger partial charge in [0.05, 0.1) is 6.04 Å². The second-order valence-electron chi connectivity index (χ2n) is 4.22. The lowest BCUT2D eigenvalue weighted by molar-refractivity contribution is 0.551. The molecule has 2 nitrogen and oxygen atoms in total. The van der Waals surface area contributed by atoms with Gasteiger partial charge in [-0.25, -0.2) is 0 Å². The van der Waals surface area contributed by atoms with Gasteiger partial charge < -0.3 is 0 Å². The van der Waals surface area contributed by atoms with Crippen LogP contribution in [0.1, 0.15) is 17.2 Å². The van der Waals surface area contributed by atoms with Gasteiger partial charge in [-0.2, -0.15) is 0 Å². The van der Waals surface area contributed by atoms with Crippen molar-refractivity contribution in [1.29, 1.82) is 0 Å². The zero-order chi connectivity index (χ0) is 13.8. The summed E-state index contributed by atoms with van der Waals surface area (Å²) in [5, 5.41) is 0.761. The molecule has 2 aromatic rings. The van der Waals surface area contributed by atoms with E-state index in [0.29, 0.717) is 0 Å². The topological polar surface area (TPSA) is 38.0 Å². The summed E-state index contributed by atoms with van der Waals surface area (Å²) in [4.78, 5) is 0. The van der Waals surface area contributed by atoms with Gasteiger partial charge in [0, 0.05) is 14.0 Å². The molecule has 0 aliphatic rings. The maximum absolute atomic E-state index is 6.19. The average molecular weight is 405 g/mol. The van der Waals surface area contributed by atoms with E-state index >= 15 is 0 Å². The number of halogens is 3. The fourth-order valence-corrected chi connectivity index (χ4v) is 3.48. The Kier molecular flexibility index (Phi) is 5.42. The minimum atomic E-state index is 0.00806. The average Bonchev–Trinajstić information content (AvgIpc) is 2.36. The molecule has 2 aromatic carbocycles. The van der Waals surface area contributed by atoms with Crippen LogP contribution in [0.3, 0.4) is 0 Å². The SMILES string of the molecule is NNC(Cc1ccccc1Cl)c1cc(Br)cc(Br)c1. The lowest BCUT2D eigenvalue weighted by Crippen LogP contribution is -2.29. The van der Waals surface area contributed by atoms with Crippen LogP contribution in [-0.4, -0.2) is 0 Å². The molecule has 3 N–H and O–H groups in total. The van der Waals surface area contributed by atoms with Crippen LogP contribution in [0.25, 0.3) is 0 Å². The highest BCUT2D eigenvalue weighted by atomic mass is 79.9. The zero-order valence-electron chi connectivity index (χ0n) is 10.0. The molecule has 5 heteroatoms. The number of benzene rings is 2. The van der Waals surface area contributed by atoms with Crippen molar-refractivity contribution in [3.05, 3.63) is 67.6 Å². The number of hydrogen-bond donors (Lipinski definition) is 2. The second-order valence-corrected chi connectivity index (χ2v) is 6.46. The Morgan fingerprint density at radius 3 is 2.32 bits per heavy atom. The Bertz CT molecular complexity index is 555. The lowest BCUT2D eigenvalue weighted by Gasteiger charge is -2.18. The minimum absolute atomic E-state index is 0.00806. The van der Waals surface area contributed by atoms with Crippen molar-refractivity contribution in [3.63, 3.8) is 0 Å². The number of hydrazine groups is 1. The number of hydrogen-bond acceptors (Lipinski definition) is 2. The monoisotopic (exact) mass is 402 g/mol. The molecule has 2 rings (SSSR count).